The quantitative estimate of drug-likeness (QED) is 0.627. The fraction of sp³-hybridized carbons (Fsp3) is 0.889. The Morgan fingerprint density at radius 1 is 1.45 bits per heavy atom. The molecule has 0 saturated heterocycles. The largest absolute Gasteiger partial charge is 0.298 e. The van der Waals surface area contributed by atoms with Gasteiger partial charge in [0.1, 0.15) is 5.78 Å². The molecule has 0 aromatic carbocycles. The van der Waals surface area contributed by atoms with Gasteiger partial charge in [-0.3, -0.25) is 9.69 Å². The van der Waals surface area contributed by atoms with Gasteiger partial charge in [0.15, 0.2) is 0 Å². The van der Waals surface area contributed by atoms with E-state index in [0.29, 0.717) is 0 Å². The highest BCUT2D eigenvalue weighted by Gasteiger charge is 2.10. The minimum atomic E-state index is 0.0787. The number of rotatable bonds is 3. The lowest BCUT2D eigenvalue weighted by atomic mass is 10.2. The van der Waals surface area contributed by atoms with Crippen LogP contribution < -0.4 is 0 Å². The summed E-state index contributed by atoms with van der Waals surface area (Å²) in [5, 5.41) is 0. The molecule has 0 aliphatic carbocycles. The molecule has 1 atom stereocenters. The summed E-state index contributed by atoms with van der Waals surface area (Å²) in [6.07, 6.45) is 0. The number of carbonyl (C=O) groups is 1. The molecule has 2 nitrogen and oxygen atoms in total. The standard InChI is InChI=1S/C7H15NO.C2H6/c1-5-8(4)6(2)7(3)9;1-2/h6H,5H2,1-4H3;1-2H3. The van der Waals surface area contributed by atoms with Gasteiger partial charge in [0.05, 0.1) is 6.04 Å². The highest BCUT2D eigenvalue weighted by atomic mass is 16.1. The first-order valence-electron chi connectivity index (χ1n) is 4.30. The van der Waals surface area contributed by atoms with Crippen LogP contribution in [0.1, 0.15) is 34.6 Å². The number of Topliss-reactive ketones (excluding diaryl/α,β-unsaturated/α-hetero) is 1. The fourth-order valence-corrected chi connectivity index (χ4v) is 0.584. The van der Waals surface area contributed by atoms with Crippen molar-refractivity contribution in [2.45, 2.75) is 40.7 Å². The Morgan fingerprint density at radius 2 is 1.82 bits per heavy atom. The molecule has 0 spiro atoms. The molecule has 2 heteroatoms. The van der Waals surface area contributed by atoms with Gasteiger partial charge in [0.2, 0.25) is 0 Å². The summed E-state index contributed by atoms with van der Waals surface area (Å²) in [6, 6.07) is 0.0787. The van der Waals surface area contributed by atoms with Crippen LogP contribution in [0.25, 0.3) is 0 Å². The predicted octanol–water partition coefficient (Wildman–Crippen LogP) is 1.94. The minimum absolute atomic E-state index is 0.0787. The Hall–Kier alpha value is -0.370. The van der Waals surface area contributed by atoms with Crippen LogP contribution in [0.2, 0.25) is 0 Å². The van der Waals surface area contributed by atoms with E-state index in [1.807, 2.05) is 39.6 Å². The summed E-state index contributed by atoms with van der Waals surface area (Å²) in [6.45, 7) is 10.5. The first-order chi connectivity index (χ1) is 5.09. The molecule has 0 aromatic rings. The van der Waals surface area contributed by atoms with Crippen LogP contribution in [-0.2, 0) is 4.79 Å². The zero-order chi connectivity index (χ0) is 9.44. The number of carbonyl (C=O) groups excluding carboxylic acids is 1. The summed E-state index contributed by atoms with van der Waals surface area (Å²) in [7, 11) is 1.95. The van der Waals surface area contributed by atoms with E-state index in [0.717, 1.165) is 6.54 Å². The summed E-state index contributed by atoms with van der Waals surface area (Å²) < 4.78 is 0. The monoisotopic (exact) mass is 159 g/mol. The molecule has 0 saturated carbocycles. The van der Waals surface area contributed by atoms with Crippen molar-refractivity contribution in [3.63, 3.8) is 0 Å². The molecule has 0 heterocycles. The van der Waals surface area contributed by atoms with E-state index in [4.69, 9.17) is 0 Å². The van der Waals surface area contributed by atoms with Crippen LogP contribution in [0.4, 0.5) is 0 Å². The molecular weight excluding hydrogens is 138 g/mol. The molecule has 1 unspecified atom stereocenters. The van der Waals surface area contributed by atoms with Crippen LogP contribution in [0.15, 0.2) is 0 Å². The van der Waals surface area contributed by atoms with Crippen LogP contribution >= 0.6 is 0 Å². The van der Waals surface area contributed by atoms with Crippen molar-refractivity contribution in [3.05, 3.63) is 0 Å². The van der Waals surface area contributed by atoms with Crippen molar-refractivity contribution in [1.29, 1.82) is 0 Å². The summed E-state index contributed by atoms with van der Waals surface area (Å²) in [4.78, 5) is 12.7. The second-order valence-electron chi connectivity index (χ2n) is 2.36. The highest BCUT2D eigenvalue weighted by Crippen LogP contribution is 1.94. The van der Waals surface area contributed by atoms with E-state index in [1.165, 1.54) is 0 Å². The van der Waals surface area contributed by atoms with Gasteiger partial charge in [-0.2, -0.15) is 0 Å². The highest BCUT2D eigenvalue weighted by molar-refractivity contribution is 5.80. The predicted molar refractivity (Wildman–Crippen MR) is 49.8 cm³/mol. The Kier molecular flexibility index (Phi) is 9.31. The average Bonchev–Trinajstić information content (AvgIpc) is 2.05. The number of likely N-dealkylation sites (N-methyl/N-ethyl adjacent to an activating group) is 1. The van der Waals surface area contributed by atoms with E-state index < -0.39 is 0 Å². The maximum Gasteiger partial charge on any atom is 0.146 e. The van der Waals surface area contributed by atoms with Gasteiger partial charge in [0.25, 0.3) is 0 Å². The van der Waals surface area contributed by atoms with Gasteiger partial charge in [-0.25, -0.2) is 0 Å². The minimum Gasteiger partial charge on any atom is -0.298 e. The maximum absolute atomic E-state index is 10.7. The Balaban J connectivity index is 0. The van der Waals surface area contributed by atoms with Crippen molar-refractivity contribution in [2.75, 3.05) is 13.6 Å². The zero-order valence-corrected chi connectivity index (χ0v) is 8.64. The van der Waals surface area contributed by atoms with Crippen LogP contribution in [0.3, 0.4) is 0 Å². The summed E-state index contributed by atoms with van der Waals surface area (Å²) in [5.41, 5.74) is 0. The SMILES string of the molecule is CC.CCN(C)C(C)C(C)=O. The smallest absolute Gasteiger partial charge is 0.146 e. The first kappa shape index (κ1) is 13.2. The zero-order valence-electron chi connectivity index (χ0n) is 8.64. The van der Waals surface area contributed by atoms with E-state index in [1.54, 1.807) is 6.92 Å². The topological polar surface area (TPSA) is 20.3 Å². The van der Waals surface area contributed by atoms with Gasteiger partial charge < -0.3 is 0 Å². The summed E-state index contributed by atoms with van der Waals surface area (Å²) >= 11 is 0. The molecule has 0 radical (unpaired) electrons. The molecule has 11 heavy (non-hydrogen) atoms. The lowest BCUT2D eigenvalue weighted by molar-refractivity contribution is -0.121. The third-order valence-electron chi connectivity index (χ3n) is 1.75. The lowest BCUT2D eigenvalue weighted by Crippen LogP contribution is -2.34. The molecule has 0 bridgehead atoms. The second-order valence-corrected chi connectivity index (χ2v) is 2.36. The Labute approximate surface area is 70.6 Å². The first-order valence-corrected chi connectivity index (χ1v) is 4.30. The molecule has 0 rings (SSSR count). The number of hydrogen-bond acceptors (Lipinski definition) is 2. The third-order valence-corrected chi connectivity index (χ3v) is 1.75. The normalized spacial score (nSPS) is 11.9. The maximum atomic E-state index is 10.7. The lowest BCUT2D eigenvalue weighted by Gasteiger charge is -2.19. The van der Waals surface area contributed by atoms with Crippen molar-refractivity contribution < 1.29 is 4.79 Å². The van der Waals surface area contributed by atoms with Crippen molar-refractivity contribution in [1.82, 2.24) is 4.90 Å². The van der Waals surface area contributed by atoms with E-state index in [2.05, 4.69) is 0 Å². The Bertz CT molecular complexity index is 102. The van der Waals surface area contributed by atoms with Gasteiger partial charge in [-0.1, -0.05) is 20.8 Å². The summed E-state index contributed by atoms with van der Waals surface area (Å²) in [5.74, 6) is 0.236. The van der Waals surface area contributed by atoms with Gasteiger partial charge in [0, 0.05) is 0 Å². The molecule has 0 aromatic heterocycles. The van der Waals surface area contributed by atoms with E-state index in [9.17, 15) is 4.79 Å². The molecular formula is C9H21NO. The van der Waals surface area contributed by atoms with Gasteiger partial charge in [-0.05, 0) is 27.4 Å². The van der Waals surface area contributed by atoms with Crippen molar-refractivity contribution in [3.8, 4) is 0 Å². The molecule has 68 valence electrons. The number of ketones is 1. The molecule has 0 N–H and O–H groups in total. The van der Waals surface area contributed by atoms with Crippen molar-refractivity contribution in [2.24, 2.45) is 0 Å². The molecule has 0 aliphatic rings. The average molecular weight is 159 g/mol. The molecule has 0 amide bonds. The van der Waals surface area contributed by atoms with E-state index >= 15 is 0 Å². The fourth-order valence-electron chi connectivity index (χ4n) is 0.584. The Morgan fingerprint density at radius 3 is 1.91 bits per heavy atom. The molecule has 0 fully saturated rings. The van der Waals surface area contributed by atoms with Crippen LogP contribution in [-0.4, -0.2) is 30.3 Å². The third kappa shape index (κ3) is 6.05. The van der Waals surface area contributed by atoms with Crippen molar-refractivity contribution >= 4 is 5.78 Å². The van der Waals surface area contributed by atoms with E-state index in [-0.39, 0.29) is 11.8 Å². The second kappa shape index (κ2) is 7.73. The van der Waals surface area contributed by atoms with Crippen LogP contribution in [0, 0.1) is 0 Å². The number of nitrogens with zero attached hydrogens (tertiary/aromatic N) is 1. The van der Waals surface area contributed by atoms with Crippen LogP contribution in [0.5, 0.6) is 0 Å². The number of hydrogen-bond donors (Lipinski definition) is 0. The van der Waals surface area contributed by atoms with Gasteiger partial charge >= 0.3 is 0 Å². The molecule has 0 aliphatic heterocycles. The van der Waals surface area contributed by atoms with Gasteiger partial charge in [-0.15, -0.1) is 0 Å².